The van der Waals surface area contributed by atoms with Crippen LogP contribution in [0.4, 0.5) is 16.3 Å². The van der Waals surface area contributed by atoms with Crippen molar-refractivity contribution in [1.82, 2.24) is 14.1 Å². The van der Waals surface area contributed by atoms with Gasteiger partial charge < -0.3 is 5.32 Å². The third-order valence-electron chi connectivity index (χ3n) is 8.86. The van der Waals surface area contributed by atoms with E-state index in [2.05, 4.69) is 37.5 Å². The molecule has 1 aromatic heterocycles. The monoisotopic (exact) mass is 645 g/mol. The smallest absolute Gasteiger partial charge is 0.308 e. The standard InChI is InChI=1S/C35H40ClN5O3S/c1-23-12-14-27(15-13-23)40-33(22-32(39-40)35(2,3)4)38-34(42)37-26-9-7-8-24(19-26)18-25-20-28-16-17-29(21-25)41(28)45(43,44)31-11-6-5-10-30(31)36/h5-15,19,22,25,28-29H,16-18,20-21H2,1-4H3,(H2,37,38,42). The molecule has 2 aliphatic heterocycles. The van der Waals surface area contributed by atoms with Crippen molar-refractivity contribution < 1.29 is 13.2 Å². The van der Waals surface area contributed by atoms with Gasteiger partial charge in [0.15, 0.2) is 0 Å². The minimum Gasteiger partial charge on any atom is -0.308 e. The van der Waals surface area contributed by atoms with Crippen molar-refractivity contribution in [3.8, 4) is 5.69 Å². The molecule has 2 aliphatic rings. The van der Waals surface area contributed by atoms with Gasteiger partial charge in [0.2, 0.25) is 10.0 Å². The molecule has 8 nitrogen and oxygen atoms in total. The van der Waals surface area contributed by atoms with Crippen LogP contribution in [-0.2, 0) is 21.9 Å². The lowest BCUT2D eigenvalue weighted by atomic mass is 9.87. The van der Waals surface area contributed by atoms with Crippen molar-refractivity contribution in [3.05, 3.63) is 101 Å². The highest BCUT2D eigenvalue weighted by molar-refractivity contribution is 7.89. The summed E-state index contributed by atoms with van der Waals surface area (Å²) in [6.07, 6.45) is 4.15. The zero-order valence-corrected chi connectivity index (χ0v) is 27.7. The Morgan fingerprint density at radius 1 is 0.933 bits per heavy atom. The molecule has 4 aromatic rings. The summed E-state index contributed by atoms with van der Waals surface area (Å²) in [4.78, 5) is 13.4. The number of sulfonamides is 1. The fourth-order valence-corrected chi connectivity index (χ4v) is 9.07. The SMILES string of the molecule is Cc1ccc(-n2nc(C(C)(C)C)cc2NC(=O)Nc2cccc(CC3CC4CCC(C3)N4S(=O)(=O)c3ccccc3Cl)c2)cc1. The van der Waals surface area contributed by atoms with Crippen LogP contribution in [0, 0.1) is 12.8 Å². The number of carbonyl (C=O) groups is 1. The van der Waals surface area contributed by atoms with E-state index in [1.807, 2.05) is 55.5 Å². The number of piperidine rings is 1. The Bertz CT molecular complexity index is 1800. The zero-order chi connectivity index (χ0) is 31.9. The first-order chi connectivity index (χ1) is 21.4. The molecule has 0 radical (unpaired) electrons. The number of anilines is 2. The highest BCUT2D eigenvalue weighted by Gasteiger charge is 2.47. The van der Waals surface area contributed by atoms with Crippen LogP contribution >= 0.6 is 11.6 Å². The number of rotatable bonds is 7. The minimum atomic E-state index is -3.66. The maximum Gasteiger partial charge on any atom is 0.324 e. The number of nitrogens with one attached hydrogen (secondary N) is 2. The Labute approximate surface area is 270 Å². The van der Waals surface area contributed by atoms with Gasteiger partial charge in [0, 0.05) is 29.3 Å². The number of aromatic nitrogens is 2. The first kappa shape index (κ1) is 31.3. The number of hydrogen-bond acceptors (Lipinski definition) is 4. The summed E-state index contributed by atoms with van der Waals surface area (Å²) in [5, 5.41) is 11.1. The molecule has 3 aromatic carbocycles. The molecule has 2 atom stereocenters. The molecular formula is C35H40ClN5O3S. The number of carbonyl (C=O) groups excluding carboxylic acids is 1. The number of urea groups is 1. The van der Waals surface area contributed by atoms with E-state index in [0.29, 0.717) is 17.4 Å². The highest BCUT2D eigenvalue weighted by atomic mass is 35.5. The Balaban J connectivity index is 1.13. The molecule has 2 unspecified atom stereocenters. The lowest BCUT2D eigenvalue weighted by molar-refractivity contribution is 0.190. The zero-order valence-electron chi connectivity index (χ0n) is 26.1. The number of aryl methyl sites for hydroxylation is 1. The van der Waals surface area contributed by atoms with Gasteiger partial charge in [-0.2, -0.15) is 9.40 Å². The molecule has 2 amide bonds. The molecule has 2 N–H and O–H groups in total. The summed E-state index contributed by atoms with van der Waals surface area (Å²) in [7, 11) is -3.66. The highest BCUT2D eigenvalue weighted by Crippen LogP contribution is 2.44. The number of benzene rings is 3. The van der Waals surface area contributed by atoms with Crippen LogP contribution in [0.25, 0.3) is 5.69 Å². The summed E-state index contributed by atoms with van der Waals surface area (Å²) in [5.41, 5.74) is 4.51. The fourth-order valence-electron chi connectivity index (χ4n) is 6.68. The van der Waals surface area contributed by atoms with Crippen molar-refractivity contribution >= 4 is 39.2 Å². The van der Waals surface area contributed by atoms with Crippen molar-refractivity contribution in [2.24, 2.45) is 5.92 Å². The lowest BCUT2D eigenvalue weighted by Gasteiger charge is -2.38. The molecular weight excluding hydrogens is 606 g/mol. The number of nitrogens with zero attached hydrogens (tertiary/aromatic N) is 3. The van der Waals surface area contributed by atoms with Gasteiger partial charge in [0.1, 0.15) is 10.7 Å². The number of hydrogen-bond donors (Lipinski definition) is 2. The third-order valence-corrected chi connectivity index (χ3v) is 11.4. The van der Waals surface area contributed by atoms with E-state index in [1.54, 1.807) is 33.3 Å². The van der Waals surface area contributed by atoms with Crippen LogP contribution in [0.5, 0.6) is 0 Å². The minimum absolute atomic E-state index is 0.0292. The molecule has 6 rings (SSSR count). The maximum absolute atomic E-state index is 13.6. The number of amides is 2. The van der Waals surface area contributed by atoms with Gasteiger partial charge in [-0.3, -0.25) is 5.32 Å². The largest absolute Gasteiger partial charge is 0.324 e. The van der Waals surface area contributed by atoms with E-state index in [1.165, 1.54) is 0 Å². The summed E-state index contributed by atoms with van der Waals surface area (Å²) < 4.78 is 30.6. The summed E-state index contributed by atoms with van der Waals surface area (Å²) in [6.45, 7) is 8.32. The van der Waals surface area contributed by atoms with Gasteiger partial charge in [-0.25, -0.2) is 17.9 Å². The van der Waals surface area contributed by atoms with Crippen molar-refractivity contribution in [3.63, 3.8) is 0 Å². The molecule has 236 valence electrons. The van der Waals surface area contributed by atoms with Crippen molar-refractivity contribution in [1.29, 1.82) is 0 Å². The topological polar surface area (TPSA) is 96.3 Å². The quantitative estimate of drug-likeness (QED) is 0.213. The normalized spacial score (nSPS) is 20.2. The lowest BCUT2D eigenvalue weighted by Crippen LogP contribution is -2.46. The van der Waals surface area contributed by atoms with E-state index in [0.717, 1.165) is 54.6 Å². The van der Waals surface area contributed by atoms with Crippen LogP contribution in [0.2, 0.25) is 5.02 Å². The van der Waals surface area contributed by atoms with Gasteiger partial charge in [-0.1, -0.05) is 74.3 Å². The van der Waals surface area contributed by atoms with Crippen molar-refractivity contribution in [2.45, 2.75) is 82.2 Å². The summed E-state index contributed by atoms with van der Waals surface area (Å²) in [5.74, 6) is 0.940. The van der Waals surface area contributed by atoms with E-state index in [9.17, 15) is 13.2 Å². The predicted molar refractivity (Wildman–Crippen MR) is 180 cm³/mol. The third kappa shape index (κ3) is 6.66. The molecule has 3 heterocycles. The first-order valence-corrected chi connectivity index (χ1v) is 17.3. The second kappa shape index (κ2) is 12.3. The van der Waals surface area contributed by atoms with E-state index >= 15 is 0 Å². The second-order valence-corrected chi connectivity index (χ2v) is 15.6. The van der Waals surface area contributed by atoms with Gasteiger partial charge in [-0.15, -0.1) is 0 Å². The average Bonchev–Trinajstić information content (AvgIpc) is 3.53. The summed E-state index contributed by atoms with van der Waals surface area (Å²) >= 11 is 6.29. The van der Waals surface area contributed by atoms with E-state index in [-0.39, 0.29) is 33.4 Å². The van der Waals surface area contributed by atoms with Crippen LogP contribution < -0.4 is 10.6 Å². The Hall–Kier alpha value is -3.66. The Morgan fingerprint density at radius 3 is 2.29 bits per heavy atom. The molecule has 0 spiro atoms. The van der Waals surface area contributed by atoms with Crippen LogP contribution in [0.3, 0.4) is 0 Å². The number of halogens is 1. The number of fused-ring (bicyclic) bond motifs is 2. The van der Waals surface area contributed by atoms with Gasteiger partial charge >= 0.3 is 6.03 Å². The molecule has 2 saturated heterocycles. The Kier molecular flexibility index (Phi) is 8.54. The van der Waals surface area contributed by atoms with E-state index < -0.39 is 10.0 Å². The molecule has 45 heavy (non-hydrogen) atoms. The summed E-state index contributed by atoms with van der Waals surface area (Å²) in [6, 6.07) is 24.1. The maximum atomic E-state index is 13.6. The average molecular weight is 646 g/mol. The molecule has 2 bridgehead atoms. The first-order valence-electron chi connectivity index (χ1n) is 15.5. The van der Waals surface area contributed by atoms with Crippen LogP contribution in [-0.4, -0.2) is 40.6 Å². The van der Waals surface area contributed by atoms with Crippen LogP contribution in [0.15, 0.2) is 83.8 Å². The van der Waals surface area contributed by atoms with Gasteiger partial charge in [0.25, 0.3) is 0 Å². The predicted octanol–water partition coefficient (Wildman–Crippen LogP) is 7.95. The van der Waals surface area contributed by atoms with Crippen LogP contribution in [0.1, 0.15) is 63.3 Å². The van der Waals surface area contributed by atoms with Crippen molar-refractivity contribution in [2.75, 3.05) is 10.6 Å². The second-order valence-electron chi connectivity index (χ2n) is 13.4. The molecule has 0 saturated carbocycles. The molecule has 2 fully saturated rings. The molecule has 0 aliphatic carbocycles. The van der Waals surface area contributed by atoms with Gasteiger partial charge in [0.05, 0.1) is 16.4 Å². The van der Waals surface area contributed by atoms with Gasteiger partial charge in [-0.05, 0) is 86.9 Å². The molecule has 10 heteroatoms. The Morgan fingerprint density at radius 2 is 1.62 bits per heavy atom. The fraction of sp³-hybridized carbons (Fsp3) is 0.371. The van der Waals surface area contributed by atoms with E-state index in [4.69, 9.17) is 16.7 Å².